The van der Waals surface area contributed by atoms with Crippen molar-refractivity contribution in [2.75, 3.05) is 48.7 Å². The Morgan fingerprint density at radius 1 is 0.723 bits per heavy atom. The van der Waals surface area contributed by atoms with Crippen molar-refractivity contribution in [3.63, 3.8) is 0 Å². The second kappa shape index (κ2) is 25.5. The van der Waals surface area contributed by atoms with Gasteiger partial charge in [-0.15, -0.1) is 29.8 Å². The van der Waals surface area contributed by atoms with Gasteiger partial charge >= 0.3 is 22.3 Å². The molecule has 6 heterocycles. The zero-order valence-corrected chi connectivity index (χ0v) is 45.8. The van der Waals surface area contributed by atoms with Gasteiger partial charge in [-0.05, 0) is 68.8 Å². The Kier molecular flexibility index (Phi) is 18.3. The number of rotatable bonds is 26. The lowest BCUT2D eigenvalue weighted by Gasteiger charge is -2.09. The smallest absolute Gasteiger partial charge is 0.333 e. The number of aromatic nitrogens is 14. The molecule has 0 bridgehead atoms. The number of nitrogens with zero attached hydrogens (tertiary/aromatic N) is 20. The number of aromatic hydroxyl groups is 2. The Morgan fingerprint density at radius 2 is 1.31 bits per heavy atom. The zero-order chi connectivity index (χ0) is 59.6. The molecule has 0 amide bonds. The van der Waals surface area contributed by atoms with Crippen LogP contribution < -0.4 is 31.7 Å². The molecule has 0 aliphatic heterocycles. The van der Waals surface area contributed by atoms with E-state index in [0.717, 1.165) is 21.4 Å². The minimum Gasteiger partial charge on any atom is -0.479 e. The maximum Gasteiger partial charge on any atom is 0.333 e. The summed E-state index contributed by atoms with van der Waals surface area (Å²) >= 11 is 0.846. The van der Waals surface area contributed by atoms with E-state index in [1.807, 2.05) is 10.8 Å². The number of nitrogens with one attached hydrogen (secondary N) is 4. The lowest BCUT2D eigenvalue weighted by atomic mass is 10.3. The number of nitrogen functional groups attached to an aromatic ring is 2. The largest absolute Gasteiger partial charge is 0.479 e. The van der Waals surface area contributed by atoms with Crippen LogP contribution in [0.5, 0.6) is 12.0 Å². The van der Waals surface area contributed by atoms with Crippen molar-refractivity contribution in [2.45, 2.75) is 36.5 Å². The second-order valence-electron chi connectivity index (χ2n) is 16.5. The molecule has 0 aliphatic carbocycles. The first-order valence-corrected chi connectivity index (χ1v) is 28.5. The maximum absolute atomic E-state index is 13.2. The third kappa shape index (κ3) is 15.1. The monoisotopic (exact) mass is 1220 g/mol. The highest BCUT2D eigenvalue weighted by Crippen LogP contribution is 2.36. The van der Waals surface area contributed by atoms with Gasteiger partial charge in [0.05, 0.1) is 64.4 Å². The van der Waals surface area contributed by atoms with Crippen molar-refractivity contribution in [3.05, 3.63) is 95.1 Å². The molecule has 0 saturated heterocycles. The summed E-state index contributed by atoms with van der Waals surface area (Å²) in [5.41, 5.74) is 16.6. The number of aryl methyl sites for hydroxylation is 2. The molecular formula is C41H42N26O12S4. The Balaban J connectivity index is 0.807. The molecule has 38 nitrogen and oxygen atoms in total. The normalized spacial score (nSPS) is 12.1. The quantitative estimate of drug-likeness (QED) is 0.00707. The van der Waals surface area contributed by atoms with Crippen LogP contribution in [0.4, 0.5) is 46.3 Å². The highest BCUT2D eigenvalue weighted by atomic mass is 32.2. The van der Waals surface area contributed by atoms with Gasteiger partial charge in [0.25, 0.3) is 27.7 Å². The summed E-state index contributed by atoms with van der Waals surface area (Å²) < 4.78 is 103. The first-order valence-electron chi connectivity index (χ1n) is 23.2. The van der Waals surface area contributed by atoms with Gasteiger partial charge in [0.15, 0.2) is 34.6 Å². The van der Waals surface area contributed by atoms with E-state index in [4.69, 9.17) is 36.5 Å². The van der Waals surface area contributed by atoms with Crippen LogP contribution in [0.2, 0.25) is 0 Å². The Labute approximate surface area is 472 Å². The topological polar surface area (TPSA) is 528 Å². The third-order valence-corrected chi connectivity index (χ3v) is 14.1. The number of anilines is 3. The maximum atomic E-state index is 13.2. The van der Waals surface area contributed by atoms with Gasteiger partial charge in [-0.2, -0.15) is 92.0 Å². The molecule has 432 valence electrons. The van der Waals surface area contributed by atoms with E-state index in [2.05, 4.69) is 91.1 Å². The number of hydrogen-bond donors (Lipinski definition) is 10. The van der Waals surface area contributed by atoms with Crippen molar-refractivity contribution in [2.24, 2.45) is 20.5 Å². The molecule has 8 aromatic rings. The number of nitriles is 1. The Bertz CT molecular complexity index is 4200. The molecule has 0 radical (unpaired) electrons. The molecule has 6 aromatic heterocycles. The van der Waals surface area contributed by atoms with Gasteiger partial charge in [0, 0.05) is 37.5 Å². The van der Waals surface area contributed by atoms with Crippen LogP contribution in [-0.4, -0.2) is 146 Å². The van der Waals surface area contributed by atoms with E-state index in [1.165, 1.54) is 52.9 Å². The molecule has 12 N–H and O–H groups in total. The van der Waals surface area contributed by atoms with Crippen LogP contribution in [0.3, 0.4) is 0 Å². The number of hydrogen-bond acceptors (Lipinski definition) is 30. The molecular weight excluding hydrogens is 1180 g/mol. The fourth-order valence-electron chi connectivity index (χ4n) is 6.92. The van der Waals surface area contributed by atoms with Gasteiger partial charge in [-0.3, -0.25) is 9.11 Å². The van der Waals surface area contributed by atoms with Gasteiger partial charge in [0.2, 0.25) is 16.0 Å². The Morgan fingerprint density at radius 3 is 1.93 bits per heavy atom. The molecule has 0 saturated carbocycles. The fourth-order valence-corrected chi connectivity index (χ4v) is 9.12. The van der Waals surface area contributed by atoms with Crippen molar-refractivity contribution < 1.29 is 53.9 Å². The van der Waals surface area contributed by atoms with Crippen LogP contribution in [0, 0.1) is 31.8 Å². The van der Waals surface area contributed by atoms with E-state index in [1.54, 1.807) is 31.2 Å². The summed E-state index contributed by atoms with van der Waals surface area (Å²) in [6.07, 6.45) is 2.64. The number of nitrogens with two attached hydrogens (primary N) is 2. The fraction of sp³-hybridized carbons (Fsp3) is 0.220. The molecule has 0 fully saturated rings. The number of sulfonamides is 1. The molecule has 0 atom stereocenters. The lowest BCUT2D eigenvalue weighted by Crippen LogP contribution is -2.27. The molecule has 83 heavy (non-hydrogen) atoms. The lowest BCUT2D eigenvalue weighted by molar-refractivity contribution is -0.244. The average Bonchev–Trinajstić information content (AvgIpc) is 4.41. The standard InChI is InChI=1S/C41H42N26O12S4/c1-22-31(34(44)67(63-22)39-54-37(55-41(69)57-39)46-17-18-81(70,71)72)58-60-35-24(19-42)20-47-64(35)25-5-9-27(10-6-25)80-79-78-49-14-4-15-50-82(73,74)28-11-7-26(8-12-28)65-36(29(45-3)21-48-65)61-59-32-23(2)62-66(33(32)43)38-52-30(53-40(68)56-38)13-16-51-83(75,76)77/h5-12,20-21,49-51H,4,13-18,43-44H2,1-2H3,(H,70,71,72)(H,75,76,77)(H,52,53,56,68)(H2,46,54,55,57,69)/b60-58+,61-59+. The summed E-state index contributed by atoms with van der Waals surface area (Å²) in [4.78, 5) is 32.2. The van der Waals surface area contributed by atoms with Crippen LogP contribution in [-0.2, 0) is 46.2 Å². The Hall–Kier alpha value is -9.60. The van der Waals surface area contributed by atoms with E-state index in [0.29, 0.717) is 16.3 Å². The van der Waals surface area contributed by atoms with Gasteiger partial charge in [0.1, 0.15) is 17.5 Å². The van der Waals surface area contributed by atoms with Crippen molar-refractivity contribution >= 4 is 88.8 Å². The molecule has 0 unspecified atom stereocenters. The number of hydroxylamine groups is 1. The van der Waals surface area contributed by atoms with Crippen molar-refractivity contribution in [3.8, 4) is 41.4 Å². The van der Waals surface area contributed by atoms with E-state index in [-0.39, 0.29) is 125 Å². The summed E-state index contributed by atoms with van der Waals surface area (Å²) in [5, 5.41) is 66.4. The SMILES string of the molecule is [C-]#[N+]c1cnn(-c2ccc(S(=O)(=O)NCCCNOOSc3ccc(-n4ncc(C#N)c4/N=N/c4c(C)nn(-c5nc(O)nc(NCCS(=O)(=O)O)n5)c4N)cc3)cc2)c1/N=N/c1c(C)nn(-c2nc(O)nc(CCNS(=O)(=O)O)n2)c1N. The molecule has 42 heteroatoms. The highest BCUT2D eigenvalue weighted by Gasteiger charge is 2.23. The molecule has 0 aliphatic rings. The zero-order valence-electron chi connectivity index (χ0n) is 42.5. The van der Waals surface area contributed by atoms with E-state index < -0.39 is 48.2 Å². The summed E-state index contributed by atoms with van der Waals surface area (Å²) in [7, 11) is -12.8. The minimum atomic E-state index is -4.49. The highest BCUT2D eigenvalue weighted by molar-refractivity contribution is 7.94. The van der Waals surface area contributed by atoms with Crippen LogP contribution in [0.25, 0.3) is 28.1 Å². The van der Waals surface area contributed by atoms with Crippen molar-refractivity contribution in [1.29, 1.82) is 5.26 Å². The number of azo groups is 2. The van der Waals surface area contributed by atoms with Crippen LogP contribution in [0.1, 0.15) is 29.2 Å². The van der Waals surface area contributed by atoms with Gasteiger partial charge in [-0.1, -0.05) is 0 Å². The first-order chi connectivity index (χ1) is 39.5. The minimum absolute atomic E-state index is 0.00592. The number of benzene rings is 2. The first kappa shape index (κ1) is 59.5. The van der Waals surface area contributed by atoms with Crippen LogP contribution >= 0.6 is 12.0 Å². The average molecular weight is 1220 g/mol. The summed E-state index contributed by atoms with van der Waals surface area (Å²) in [6.45, 7) is 10.3. The third-order valence-electron chi connectivity index (χ3n) is 10.7. The summed E-state index contributed by atoms with van der Waals surface area (Å²) in [6, 6.07) is 12.7. The molecule has 8 rings (SSSR count). The van der Waals surface area contributed by atoms with E-state index >= 15 is 0 Å². The second-order valence-corrected chi connectivity index (χ2v) is 21.8. The predicted octanol–water partition coefficient (Wildman–Crippen LogP) is 2.31. The molecule has 0 spiro atoms. The van der Waals surface area contributed by atoms with E-state index in [9.17, 15) is 40.7 Å². The van der Waals surface area contributed by atoms with Crippen LogP contribution in [0.15, 0.2) is 91.2 Å². The summed E-state index contributed by atoms with van der Waals surface area (Å²) in [5.74, 6) is -1.75. The van der Waals surface area contributed by atoms with Gasteiger partial charge < -0.3 is 27.0 Å². The van der Waals surface area contributed by atoms with Crippen molar-refractivity contribution in [1.82, 2.24) is 84.0 Å². The predicted molar refractivity (Wildman–Crippen MR) is 286 cm³/mol. The van der Waals surface area contributed by atoms with Gasteiger partial charge in [-0.25, -0.2) is 27.3 Å². The molecule has 2 aromatic carbocycles.